The molecule has 1 aliphatic rings. The summed E-state index contributed by atoms with van der Waals surface area (Å²) in [5.74, 6) is 1.40. The molecule has 1 heterocycles. The van der Waals surface area contributed by atoms with Crippen molar-refractivity contribution in [2.45, 2.75) is 12.3 Å². The Hall–Kier alpha value is -2.78. The number of hydrogen-bond acceptors (Lipinski definition) is 3. The molecule has 122 valence electrons. The highest BCUT2D eigenvalue weighted by molar-refractivity contribution is 6.28. The summed E-state index contributed by atoms with van der Waals surface area (Å²) < 4.78 is 0. The van der Waals surface area contributed by atoms with Crippen LogP contribution in [0, 0.1) is 0 Å². The van der Waals surface area contributed by atoms with Crippen LogP contribution in [0.1, 0.15) is 23.7 Å². The molecule has 1 aromatic heterocycles. The van der Waals surface area contributed by atoms with Gasteiger partial charge in [0.1, 0.15) is 5.82 Å². The van der Waals surface area contributed by atoms with Crippen molar-refractivity contribution >= 4 is 17.2 Å². The van der Waals surface area contributed by atoms with Crippen LogP contribution in [0.4, 0.5) is 0 Å². The van der Waals surface area contributed by atoms with E-state index in [1.807, 2.05) is 48.5 Å². The zero-order valence-corrected chi connectivity index (χ0v) is 14.3. The number of halogens is 1. The maximum atomic E-state index is 6.17. The van der Waals surface area contributed by atoms with Gasteiger partial charge in [0, 0.05) is 11.5 Å². The second kappa shape index (κ2) is 6.99. The third kappa shape index (κ3) is 3.52. The van der Waals surface area contributed by atoms with Crippen LogP contribution in [0.2, 0.25) is 5.28 Å². The van der Waals surface area contributed by atoms with E-state index < -0.39 is 0 Å². The molecule has 0 aliphatic heterocycles. The fourth-order valence-corrected chi connectivity index (χ4v) is 3.10. The Morgan fingerprint density at radius 2 is 1.48 bits per heavy atom. The van der Waals surface area contributed by atoms with Gasteiger partial charge in [0.15, 0.2) is 5.82 Å². The van der Waals surface area contributed by atoms with Crippen LogP contribution in [0.5, 0.6) is 0 Å². The average Bonchev–Trinajstić information content (AvgIpc) is 2.69. The van der Waals surface area contributed by atoms with Crippen LogP contribution >= 0.6 is 11.6 Å². The highest BCUT2D eigenvalue weighted by atomic mass is 35.5. The third-order valence-corrected chi connectivity index (χ3v) is 4.33. The van der Waals surface area contributed by atoms with Crippen molar-refractivity contribution < 1.29 is 0 Å². The Morgan fingerprint density at radius 1 is 0.800 bits per heavy atom. The van der Waals surface area contributed by atoms with E-state index in [0.717, 1.165) is 12.0 Å². The van der Waals surface area contributed by atoms with Crippen molar-refractivity contribution in [1.82, 2.24) is 15.0 Å². The number of aromatic nitrogens is 3. The number of benzene rings is 2. The van der Waals surface area contributed by atoms with Crippen molar-refractivity contribution in [3.8, 4) is 11.4 Å². The lowest BCUT2D eigenvalue weighted by Gasteiger charge is -2.16. The minimum atomic E-state index is 0.0863. The topological polar surface area (TPSA) is 38.7 Å². The molecule has 3 aromatic rings. The lowest BCUT2D eigenvalue weighted by Crippen LogP contribution is -2.07. The van der Waals surface area contributed by atoms with Gasteiger partial charge in [-0.05, 0) is 29.2 Å². The molecule has 0 radical (unpaired) electrons. The minimum Gasteiger partial charge on any atom is -0.212 e. The summed E-state index contributed by atoms with van der Waals surface area (Å²) in [6.45, 7) is 0. The van der Waals surface area contributed by atoms with E-state index in [9.17, 15) is 0 Å². The lowest BCUT2D eigenvalue weighted by atomic mass is 9.92. The third-order valence-electron chi connectivity index (χ3n) is 4.16. The van der Waals surface area contributed by atoms with Gasteiger partial charge in [0.25, 0.3) is 0 Å². The van der Waals surface area contributed by atoms with Crippen LogP contribution in [0.3, 0.4) is 0 Å². The SMILES string of the molecule is Clc1nc(-c2ccccc2)nc(C2C=C(c3ccccc3)C=CC2)n1. The Balaban J connectivity index is 1.71. The summed E-state index contributed by atoms with van der Waals surface area (Å²) >= 11 is 6.17. The van der Waals surface area contributed by atoms with Gasteiger partial charge in [-0.25, -0.2) is 9.97 Å². The summed E-state index contributed by atoms with van der Waals surface area (Å²) in [5.41, 5.74) is 3.30. The molecule has 3 nitrogen and oxygen atoms in total. The van der Waals surface area contributed by atoms with Gasteiger partial charge in [0.2, 0.25) is 5.28 Å². The molecule has 0 spiro atoms. The monoisotopic (exact) mass is 345 g/mol. The largest absolute Gasteiger partial charge is 0.226 e. The van der Waals surface area contributed by atoms with Crippen LogP contribution in [0.25, 0.3) is 17.0 Å². The summed E-state index contributed by atoms with van der Waals surface area (Å²) in [4.78, 5) is 13.3. The molecule has 1 unspecified atom stereocenters. The summed E-state index contributed by atoms with van der Waals surface area (Å²) in [5, 5.41) is 0.230. The van der Waals surface area contributed by atoms with Crippen LogP contribution in [-0.2, 0) is 0 Å². The molecule has 0 bridgehead atoms. The zero-order valence-electron chi connectivity index (χ0n) is 13.5. The Kier molecular flexibility index (Phi) is 4.40. The molecule has 25 heavy (non-hydrogen) atoms. The van der Waals surface area contributed by atoms with E-state index in [2.05, 4.69) is 45.3 Å². The molecule has 1 atom stereocenters. The van der Waals surface area contributed by atoms with Crippen molar-refractivity contribution in [2.24, 2.45) is 0 Å². The average molecular weight is 346 g/mol. The van der Waals surface area contributed by atoms with E-state index in [0.29, 0.717) is 11.6 Å². The molecular weight excluding hydrogens is 330 g/mol. The lowest BCUT2D eigenvalue weighted by molar-refractivity contribution is 0.763. The highest BCUT2D eigenvalue weighted by Crippen LogP contribution is 2.30. The van der Waals surface area contributed by atoms with Gasteiger partial charge >= 0.3 is 0 Å². The normalized spacial score (nSPS) is 16.5. The van der Waals surface area contributed by atoms with Gasteiger partial charge in [-0.2, -0.15) is 4.98 Å². The highest BCUT2D eigenvalue weighted by Gasteiger charge is 2.18. The quantitative estimate of drug-likeness (QED) is 0.645. The molecule has 0 saturated carbocycles. The second-order valence-corrected chi connectivity index (χ2v) is 6.22. The van der Waals surface area contributed by atoms with Gasteiger partial charge in [-0.1, -0.05) is 78.9 Å². The van der Waals surface area contributed by atoms with E-state index >= 15 is 0 Å². The van der Waals surface area contributed by atoms with Crippen molar-refractivity contribution in [1.29, 1.82) is 0 Å². The predicted octanol–water partition coefficient (Wildman–Crippen LogP) is 5.32. The first-order valence-electron chi connectivity index (χ1n) is 8.20. The molecular formula is C21H16ClN3. The molecule has 0 fully saturated rings. The molecule has 1 aliphatic carbocycles. The molecule has 0 N–H and O–H groups in total. The standard InChI is InChI=1S/C21H16ClN3/c22-21-24-19(16-10-5-2-6-11-16)23-20(25-21)18-13-7-12-17(14-18)15-8-3-1-4-9-15/h1-12,14,18H,13H2. The van der Waals surface area contributed by atoms with Gasteiger partial charge < -0.3 is 0 Å². The van der Waals surface area contributed by atoms with Crippen molar-refractivity contribution in [2.75, 3.05) is 0 Å². The Morgan fingerprint density at radius 3 is 2.20 bits per heavy atom. The Labute approximate surface area is 151 Å². The minimum absolute atomic E-state index is 0.0863. The summed E-state index contributed by atoms with van der Waals surface area (Å²) in [7, 11) is 0. The Bertz CT molecular complexity index is 934. The maximum Gasteiger partial charge on any atom is 0.226 e. The van der Waals surface area contributed by atoms with Crippen LogP contribution < -0.4 is 0 Å². The maximum absolute atomic E-state index is 6.17. The smallest absolute Gasteiger partial charge is 0.212 e. The van der Waals surface area contributed by atoms with Gasteiger partial charge in [0.05, 0.1) is 0 Å². The van der Waals surface area contributed by atoms with Crippen LogP contribution in [0.15, 0.2) is 78.9 Å². The fraction of sp³-hybridized carbons (Fsp3) is 0.0952. The molecule has 2 aromatic carbocycles. The van der Waals surface area contributed by atoms with Gasteiger partial charge in [-0.15, -0.1) is 0 Å². The second-order valence-electron chi connectivity index (χ2n) is 5.88. The molecule has 0 saturated heterocycles. The first-order chi connectivity index (χ1) is 12.3. The summed E-state index contributed by atoms with van der Waals surface area (Å²) in [6, 6.07) is 20.2. The fourth-order valence-electron chi connectivity index (χ4n) is 2.93. The van der Waals surface area contributed by atoms with Gasteiger partial charge in [-0.3, -0.25) is 0 Å². The number of rotatable bonds is 3. The number of allylic oxidation sites excluding steroid dienone is 4. The first kappa shape index (κ1) is 15.7. The molecule has 0 amide bonds. The van der Waals surface area contributed by atoms with Crippen LogP contribution in [-0.4, -0.2) is 15.0 Å². The summed E-state index contributed by atoms with van der Waals surface area (Å²) in [6.07, 6.45) is 7.36. The number of nitrogens with zero attached hydrogens (tertiary/aromatic N) is 3. The van der Waals surface area contributed by atoms with E-state index in [-0.39, 0.29) is 11.2 Å². The van der Waals surface area contributed by atoms with Crippen molar-refractivity contribution in [3.63, 3.8) is 0 Å². The first-order valence-corrected chi connectivity index (χ1v) is 8.58. The zero-order chi connectivity index (χ0) is 17.1. The van der Waals surface area contributed by atoms with E-state index in [4.69, 9.17) is 11.6 Å². The number of hydrogen-bond donors (Lipinski definition) is 0. The predicted molar refractivity (Wildman–Crippen MR) is 101 cm³/mol. The van der Waals surface area contributed by atoms with E-state index in [1.165, 1.54) is 11.1 Å². The molecule has 4 rings (SSSR count). The van der Waals surface area contributed by atoms with E-state index in [1.54, 1.807) is 0 Å². The van der Waals surface area contributed by atoms with Crippen molar-refractivity contribution in [3.05, 3.63) is 95.6 Å². The molecule has 4 heteroatoms.